The van der Waals surface area contributed by atoms with Crippen molar-refractivity contribution in [1.29, 1.82) is 0 Å². The maximum Gasteiger partial charge on any atom is 0.413 e. The SMILES string of the molecule is CC(C)(C)OC(=O)Nc1cc(C(=O)NO)cc(-c2ccc(C#Cc3cccnc3)cc2)n1. The summed E-state index contributed by atoms with van der Waals surface area (Å²) in [5.74, 6) is 5.46. The van der Waals surface area contributed by atoms with Crippen LogP contribution in [0.3, 0.4) is 0 Å². The van der Waals surface area contributed by atoms with E-state index in [0.29, 0.717) is 11.3 Å². The third-order valence-electron chi connectivity index (χ3n) is 4.01. The number of anilines is 1. The Morgan fingerprint density at radius 1 is 1.03 bits per heavy atom. The molecule has 0 spiro atoms. The molecule has 8 nitrogen and oxygen atoms in total. The first kappa shape index (κ1) is 22.5. The van der Waals surface area contributed by atoms with Crippen molar-refractivity contribution in [3.63, 3.8) is 0 Å². The lowest BCUT2D eigenvalue weighted by Gasteiger charge is -2.19. The fraction of sp³-hybridized carbons (Fsp3) is 0.167. The second-order valence-electron chi connectivity index (χ2n) is 7.76. The van der Waals surface area contributed by atoms with E-state index in [0.717, 1.165) is 11.1 Å². The summed E-state index contributed by atoms with van der Waals surface area (Å²) in [4.78, 5) is 32.5. The number of nitrogens with zero attached hydrogens (tertiary/aromatic N) is 2. The fourth-order valence-electron chi connectivity index (χ4n) is 2.65. The van der Waals surface area contributed by atoms with Gasteiger partial charge < -0.3 is 4.74 Å². The van der Waals surface area contributed by atoms with Crippen LogP contribution in [-0.2, 0) is 4.74 Å². The van der Waals surface area contributed by atoms with Gasteiger partial charge in [0.1, 0.15) is 11.4 Å². The molecule has 2 aromatic heterocycles. The molecule has 0 aliphatic carbocycles. The molecule has 3 N–H and O–H groups in total. The molecule has 0 fully saturated rings. The van der Waals surface area contributed by atoms with E-state index in [-0.39, 0.29) is 11.4 Å². The van der Waals surface area contributed by atoms with Crippen molar-refractivity contribution >= 4 is 17.8 Å². The molecule has 3 rings (SSSR count). The molecule has 8 heteroatoms. The number of pyridine rings is 2. The molecule has 0 radical (unpaired) electrons. The van der Waals surface area contributed by atoms with Gasteiger partial charge in [-0.1, -0.05) is 24.0 Å². The van der Waals surface area contributed by atoms with Crippen molar-refractivity contribution in [2.75, 3.05) is 5.32 Å². The number of hydrogen-bond acceptors (Lipinski definition) is 6. The predicted octanol–water partition coefficient (Wildman–Crippen LogP) is 4.01. The van der Waals surface area contributed by atoms with Crippen molar-refractivity contribution < 1.29 is 19.5 Å². The smallest absolute Gasteiger partial charge is 0.413 e. The summed E-state index contributed by atoms with van der Waals surface area (Å²) in [6, 6.07) is 13.8. The van der Waals surface area contributed by atoms with E-state index in [2.05, 4.69) is 27.1 Å². The van der Waals surface area contributed by atoms with Crippen LogP contribution in [0.2, 0.25) is 0 Å². The maximum atomic E-state index is 12.1. The van der Waals surface area contributed by atoms with Crippen molar-refractivity contribution in [3.05, 3.63) is 77.6 Å². The number of hydrogen-bond donors (Lipinski definition) is 3. The summed E-state index contributed by atoms with van der Waals surface area (Å²) in [7, 11) is 0. The Bertz CT molecular complexity index is 1170. The quantitative estimate of drug-likeness (QED) is 0.329. The van der Waals surface area contributed by atoms with Gasteiger partial charge >= 0.3 is 6.09 Å². The molecule has 3 aromatic rings. The third kappa shape index (κ3) is 6.39. The second-order valence-corrected chi connectivity index (χ2v) is 7.76. The van der Waals surface area contributed by atoms with E-state index in [1.54, 1.807) is 50.8 Å². The monoisotopic (exact) mass is 430 g/mol. The van der Waals surface area contributed by atoms with Gasteiger partial charge in [0.2, 0.25) is 0 Å². The first-order valence-electron chi connectivity index (χ1n) is 9.72. The van der Waals surface area contributed by atoms with Crippen molar-refractivity contribution in [3.8, 4) is 23.1 Å². The highest BCUT2D eigenvalue weighted by molar-refractivity contribution is 5.96. The summed E-state index contributed by atoms with van der Waals surface area (Å²) in [6.07, 6.45) is 2.66. The number of aromatic nitrogens is 2. The van der Waals surface area contributed by atoms with Gasteiger partial charge in [-0.05, 0) is 57.2 Å². The summed E-state index contributed by atoms with van der Waals surface area (Å²) >= 11 is 0. The normalized spacial score (nSPS) is 10.5. The minimum absolute atomic E-state index is 0.107. The molecule has 0 aliphatic rings. The Morgan fingerprint density at radius 3 is 2.38 bits per heavy atom. The van der Waals surface area contributed by atoms with Gasteiger partial charge in [-0.15, -0.1) is 0 Å². The van der Waals surface area contributed by atoms with Crippen LogP contribution in [0.4, 0.5) is 10.6 Å². The molecule has 0 bridgehead atoms. The zero-order chi connectivity index (χ0) is 23.1. The summed E-state index contributed by atoms with van der Waals surface area (Å²) in [6.45, 7) is 5.21. The summed E-state index contributed by atoms with van der Waals surface area (Å²) in [5, 5.41) is 11.5. The van der Waals surface area contributed by atoms with Gasteiger partial charge in [0.25, 0.3) is 5.91 Å². The molecule has 0 unspecified atom stereocenters. The molecule has 0 atom stereocenters. The van der Waals surface area contributed by atoms with E-state index in [4.69, 9.17) is 9.94 Å². The highest BCUT2D eigenvalue weighted by atomic mass is 16.6. The van der Waals surface area contributed by atoms with Crippen molar-refractivity contribution in [2.45, 2.75) is 26.4 Å². The Hall–Kier alpha value is -4.22. The predicted molar refractivity (Wildman–Crippen MR) is 119 cm³/mol. The maximum absolute atomic E-state index is 12.1. The Balaban J connectivity index is 1.88. The topological polar surface area (TPSA) is 113 Å². The van der Waals surface area contributed by atoms with Crippen molar-refractivity contribution in [1.82, 2.24) is 15.4 Å². The highest BCUT2D eigenvalue weighted by Crippen LogP contribution is 2.22. The molecule has 0 saturated carbocycles. The standard InChI is InChI=1S/C24H22N4O4/c1-24(2,3)32-23(30)27-21-14-19(22(29)28-31)13-20(26-21)18-10-8-16(9-11-18)6-7-17-5-4-12-25-15-17/h4-5,8-15,31H,1-3H3,(H,28,29)(H,26,27,30). The van der Waals surface area contributed by atoms with Gasteiger partial charge in [0, 0.05) is 34.6 Å². The largest absolute Gasteiger partial charge is 0.444 e. The lowest BCUT2D eigenvalue weighted by molar-refractivity contribution is 0.0634. The van der Waals surface area contributed by atoms with E-state index < -0.39 is 17.6 Å². The lowest BCUT2D eigenvalue weighted by Crippen LogP contribution is -2.27. The first-order chi connectivity index (χ1) is 15.2. The number of carbonyl (C=O) groups is 2. The van der Waals surface area contributed by atoms with Gasteiger partial charge in [0.15, 0.2) is 0 Å². The Labute approximate surface area is 185 Å². The number of rotatable bonds is 3. The summed E-state index contributed by atoms with van der Waals surface area (Å²) < 4.78 is 5.23. The zero-order valence-electron chi connectivity index (χ0n) is 17.8. The molecule has 0 aliphatic heterocycles. The number of nitrogens with one attached hydrogen (secondary N) is 2. The van der Waals surface area contributed by atoms with E-state index in [9.17, 15) is 9.59 Å². The number of hydroxylamine groups is 1. The number of ether oxygens (including phenoxy) is 1. The second kappa shape index (κ2) is 9.73. The van der Waals surface area contributed by atoms with Gasteiger partial charge in [-0.2, -0.15) is 0 Å². The molecule has 162 valence electrons. The van der Waals surface area contributed by atoms with Crippen LogP contribution in [0, 0.1) is 11.8 Å². The van der Waals surface area contributed by atoms with Crippen LogP contribution in [0.1, 0.15) is 42.3 Å². The van der Waals surface area contributed by atoms with Crippen LogP contribution in [-0.4, -0.2) is 32.8 Å². The van der Waals surface area contributed by atoms with E-state index in [1.807, 2.05) is 24.3 Å². The third-order valence-corrected chi connectivity index (χ3v) is 4.01. The van der Waals surface area contributed by atoms with Gasteiger partial charge in [-0.3, -0.25) is 20.3 Å². The molecular weight excluding hydrogens is 408 g/mol. The molecule has 0 saturated heterocycles. The van der Waals surface area contributed by atoms with Crippen LogP contribution < -0.4 is 10.8 Å². The number of benzene rings is 1. The summed E-state index contributed by atoms with van der Waals surface area (Å²) in [5.41, 5.74) is 3.71. The molecule has 2 heterocycles. The molecule has 2 amide bonds. The van der Waals surface area contributed by atoms with E-state index >= 15 is 0 Å². The lowest BCUT2D eigenvalue weighted by atomic mass is 10.1. The van der Waals surface area contributed by atoms with Crippen molar-refractivity contribution in [2.24, 2.45) is 0 Å². The van der Waals surface area contributed by atoms with Crippen LogP contribution in [0.5, 0.6) is 0 Å². The Kier molecular flexibility index (Phi) is 6.83. The average molecular weight is 430 g/mol. The Morgan fingerprint density at radius 2 is 1.75 bits per heavy atom. The van der Waals surface area contributed by atoms with E-state index in [1.165, 1.54) is 12.1 Å². The number of amides is 2. The fourth-order valence-corrected chi connectivity index (χ4v) is 2.65. The number of carbonyl (C=O) groups excluding carboxylic acids is 2. The minimum Gasteiger partial charge on any atom is -0.444 e. The first-order valence-corrected chi connectivity index (χ1v) is 9.72. The van der Waals surface area contributed by atoms with Gasteiger partial charge in [0.05, 0.1) is 5.69 Å². The highest BCUT2D eigenvalue weighted by Gasteiger charge is 2.18. The van der Waals surface area contributed by atoms with Crippen LogP contribution in [0.25, 0.3) is 11.3 Å². The van der Waals surface area contributed by atoms with Crippen LogP contribution in [0.15, 0.2) is 60.9 Å². The minimum atomic E-state index is -0.736. The zero-order valence-corrected chi connectivity index (χ0v) is 17.8. The van der Waals surface area contributed by atoms with Gasteiger partial charge in [-0.25, -0.2) is 15.3 Å². The molecular formula is C24H22N4O4. The average Bonchev–Trinajstić information content (AvgIpc) is 2.76. The van der Waals surface area contributed by atoms with Crippen LogP contribution >= 0.6 is 0 Å². The molecule has 32 heavy (non-hydrogen) atoms. The molecule has 1 aromatic carbocycles.